The summed E-state index contributed by atoms with van der Waals surface area (Å²) in [6.07, 6.45) is 0. The van der Waals surface area contributed by atoms with Crippen LogP contribution in [0.1, 0.15) is 10.4 Å². The van der Waals surface area contributed by atoms with Crippen LogP contribution < -0.4 is 11.1 Å². The van der Waals surface area contributed by atoms with Crippen LogP contribution in [0.25, 0.3) is 0 Å². The molecule has 3 nitrogen and oxygen atoms in total. The molecule has 18 heavy (non-hydrogen) atoms. The summed E-state index contributed by atoms with van der Waals surface area (Å²) in [4.78, 5) is 11.5. The number of hydrogen-bond acceptors (Lipinski definition) is 3. The van der Waals surface area contributed by atoms with E-state index in [1.165, 1.54) is 6.07 Å². The van der Waals surface area contributed by atoms with E-state index in [1.807, 2.05) is 0 Å². The van der Waals surface area contributed by atoms with Gasteiger partial charge in [-0.1, -0.05) is 12.1 Å². The number of rotatable bonds is 4. The largest absolute Gasteiger partial charge is 0.441 e. The molecule has 0 bridgehead atoms. The van der Waals surface area contributed by atoms with Crippen LogP contribution in [-0.2, 0) is 0 Å². The highest BCUT2D eigenvalue weighted by Gasteiger charge is 2.27. The Bertz CT molecular complexity index is 401. The number of benzene rings is 1. The maximum absolute atomic E-state index is 11.8. The lowest BCUT2D eigenvalue weighted by Gasteiger charge is -2.08. The molecule has 0 saturated heterocycles. The summed E-state index contributed by atoms with van der Waals surface area (Å²) >= 11 is -0.171. The highest BCUT2D eigenvalue weighted by Crippen LogP contribution is 2.29. The molecule has 0 radical (unpaired) electrons. The Morgan fingerprint density at radius 3 is 2.50 bits per heavy atom. The number of thioether (sulfide) groups is 1. The molecule has 0 spiro atoms. The summed E-state index contributed by atoms with van der Waals surface area (Å²) in [5.74, 6) is -0.687. The molecule has 3 N–H and O–H groups in total. The van der Waals surface area contributed by atoms with Crippen LogP contribution in [0.4, 0.5) is 18.9 Å². The van der Waals surface area contributed by atoms with Gasteiger partial charge in [0.25, 0.3) is 5.91 Å². The van der Waals surface area contributed by atoms with E-state index in [0.717, 1.165) is 0 Å². The SMILES string of the molecule is Cl.Nc1ccccc1C(=O)NCCSC(F)(F)F. The average Bonchev–Trinajstić information content (AvgIpc) is 2.23. The lowest BCUT2D eigenvalue weighted by Crippen LogP contribution is -2.27. The van der Waals surface area contributed by atoms with E-state index in [2.05, 4.69) is 5.32 Å². The average molecular weight is 301 g/mol. The van der Waals surface area contributed by atoms with Crippen molar-refractivity contribution >= 4 is 35.8 Å². The minimum atomic E-state index is -4.27. The molecule has 0 saturated carbocycles. The van der Waals surface area contributed by atoms with Gasteiger partial charge in [-0.15, -0.1) is 12.4 Å². The lowest BCUT2D eigenvalue weighted by molar-refractivity contribution is -0.0327. The number of para-hydroxylation sites is 1. The van der Waals surface area contributed by atoms with Gasteiger partial charge in [0.1, 0.15) is 0 Å². The van der Waals surface area contributed by atoms with Crippen molar-refractivity contribution in [1.29, 1.82) is 0 Å². The van der Waals surface area contributed by atoms with Crippen LogP contribution in [0.5, 0.6) is 0 Å². The fraction of sp³-hybridized carbons (Fsp3) is 0.300. The quantitative estimate of drug-likeness (QED) is 0.664. The van der Waals surface area contributed by atoms with Gasteiger partial charge in [0.05, 0.1) is 5.56 Å². The molecule has 0 atom stereocenters. The molecule has 0 heterocycles. The maximum Gasteiger partial charge on any atom is 0.441 e. The summed E-state index contributed by atoms with van der Waals surface area (Å²) in [6, 6.07) is 6.38. The Morgan fingerprint density at radius 1 is 1.33 bits per heavy atom. The van der Waals surface area contributed by atoms with Crippen molar-refractivity contribution in [2.75, 3.05) is 18.0 Å². The second kappa shape index (κ2) is 7.38. The Labute approximate surface area is 113 Å². The van der Waals surface area contributed by atoms with E-state index in [1.54, 1.807) is 18.2 Å². The monoisotopic (exact) mass is 300 g/mol. The van der Waals surface area contributed by atoms with Gasteiger partial charge < -0.3 is 11.1 Å². The number of amides is 1. The number of halogens is 4. The predicted octanol–water partition coefficient (Wildman–Crippen LogP) is 2.67. The van der Waals surface area contributed by atoms with Gasteiger partial charge in [0.2, 0.25) is 0 Å². The normalized spacial score (nSPS) is 10.6. The Balaban J connectivity index is 0.00000289. The molecule has 1 aromatic carbocycles. The molecule has 102 valence electrons. The first-order chi connectivity index (χ1) is 7.90. The molecule has 0 aliphatic heterocycles. The van der Waals surface area contributed by atoms with E-state index in [9.17, 15) is 18.0 Å². The van der Waals surface area contributed by atoms with Crippen LogP contribution in [0.3, 0.4) is 0 Å². The Kier molecular flexibility index (Phi) is 6.93. The second-order valence-electron chi connectivity index (χ2n) is 3.14. The van der Waals surface area contributed by atoms with Crippen LogP contribution in [0.15, 0.2) is 24.3 Å². The molecule has 0 aromatic heterocycles. The maximum atomic E-state index is 11.8. The smallest absolute Gasteiger partial charge is 0.398 e. The summed E-state index contributed by atoms with van der Waals surface area (Å²) < 4.78 is 35.4. The molecule has 1 aromatic rings. The molecule has 0 aliphatic carbocycles. The Hall–Kier alpha value is -1.08. The van der Waals surface area contributed by atoms with Crippen LogP contribution in [0.2, 0.25) is 0 Å². The zero-order valence-corrected chi connectivity index (χ0v) is 10.8. The summed E-state index contributed by atoms with van der Waals surface area (Å²) in [5.41, 5.74) is 1.85. The number of nitrogens with two attached hydrogens (primary N) is 1. The number of nitrogens with one attached hydrogen (secondary N) is 1. The third kappa shape index (κ3) is 6.02. The van der Waals surface area contributed by atoms with Crippen LogP contribution in [-0.4, -0.2) is 23.7 Å². The van der Waals surface area contributed by atoms with E-state index in [0.29, 0.717) is 5.69 Å². The van der Waals surface area contributed by atoms with E-state index >= 15 is 0 Å². The number of alkyl halides is 3. The number of nitrogen functional groups attached to an aromatic ring is 1. The zero-order valence-electron chi connectivity index (χ0n) is 9.16. The molecule has 0 unspecified atom stereocenters. The van der Waals surface area contributed by atoms with Gasteiger partial charge in [-0.2, -0.15) is 13.2 Å². The minimum Gasteiger partial charge on any atom is -0.398 e. The number of carbonyl (C=O) groups excluding carboxylic acids is 1. The highest BCUT2D eigenvalue weighted by molar-refractivity contribution is 8.00. The van der Waals surface area contributed by atoms with Crippen molar-refractivity contribution in [2.24, 2.45) is 0 Å². The van der Waals surface area contributed by atoms with Crippen molar-refractivity contribution in [2.45, 2.75) is 5.51 Å². The van der Waals surface area contributed by atoms with Gasteiger partial charge >= 0.3 is 5.51 Å². The van der Waals surface area contributed by atoms with E-state index in [-0.39, 0.29) is 42.0 Å². The number of anilines is 1. The van der Waals surface area contributed by atoms with Crippen molar-refractivity contribution < 1.29 is 18.0 Å². The van der Waals surface area contributed by atoms with E-state index in [4.69, 9.17) is 5.73 Å². The fourth-order valence-corrected chi connectivity index (χ4v) is 1.57. The first-order valence-electron chi connectivity index (χ1n) is 4.73. The molecular formula is C10H12ClF3N2OS. The van der Waals surface area contributed by atoms with Gasteiger partial charge in [-0.25, -0.2) is 0 Å². The van der Waals surface area contributed by atoms with Gasteiger partial charge in [0, 0.05) is 18.0 Å². The van der Waals surface area contributed by atoms with Crippen molar-refractivity contribution in [3.05, 3.63) is 29.8 Å². The topological polar surface area (TPSA) is 55.1 Å². The third-order valence-corrected chi connectivity index (χ3v) is 2.59. The molecule has 1 rings (SSSR count). The zero-order chi connectivity index (χ0) is 12.9. The predicted molar refractivity (Wildman–Crippen MR) is 68.9 cm³/mol. The highest BCUT2D eigenvalue weighted by atomic mass is 35.5. The molecule has 1 amide bonds. The first-order valence-corrected chi connectivity index (χ1v) is 5.72. The molecule has 0 fully saturated rings. The van der Waals surface area contributed by atoms with Gasteiger partial charge in [0.15, 0.2) is 0 Å². The first kappa shape index (κ1) is 16.9. The van der Waals surface area contributed by atoms with E-state index < -0.39 is 11.4 Å². The van der Waals surface area contributed by atoms with Crippen LogP contribution >= 0.6 is 24.2 Å². The summed E-state index contributed by atoms with van der Waals surface area (Å²) in [6.45, 7) is -0.0582. The number of carbonyl (C=O) groups is 1. The van der Waals surface area contributed by atoms with Gasteiger partial charge in [-0.3, -0.25) is 4.79 Å². The standard InChI is InChI=1S/C10H11F3N2OS.ClH/c11-10(12,13)17-6-5-15-9(16)7-3-1-2-4-8(7)14;/h1-4H,5-6,14H2,(H,15,16);1H. The molecule has 0 aliphatic rings. The van der Waals surface area contributed by atoms with Crippen molar-refractivity contribution in [3.63, 3.8) is 0 Å². The lowest BCUT2D eigenvalue weighted by atomic mass is 10.2. The van der Waals surface area contributed by atoms with Crippen molar-refractivity contribution in [1.82, 2.24) is 5.32 Å². The number of hydrogen-bond donors (Lipinski definition) is 2. The van der Waals surface area contributed by atoms with Crippen molar-refractivity contribution in [3.8, 4) is 0 Å². The summed E-state index contributed by atoms with van der Waals surface area (Å²) in [5, 5.41) is 2.37. The molecule has 8 heteroatoms. The second-order valence-corrected chi connectivity index (χ2v) is 4.30. The summed E-state index contributed by atoms with van der Waals surface area (Å²) in [7, 11) is 0. The fourth-order valence-electron chi connectivity index (χ4n) is 1.13. The minimum absolute atomic E-state index is 0. The third-order valence-electron chi connectivity index (χ3n) is 1.86. The van der Waals surface area contributed by atoms with Crippen LogP contribution in [0, 0.1) is 0 Å². The molecular weight excluding hydrogens is 289 g/mol. The van der Waals surface area contributed by atoms with Gasteiger partial charge in [-0.05, 0) is 23.9 Å². The Morgan fingerprint density at radius 2 is 1.94 bits per heavy atom.